The van der Waals surface area contributed by atoms with Crippen LogP contribution in [-0.2, 0) is 4.79 Å². The van der Waals surface area contributed by atoms with Gasteiger partial charge in [-0.1, -0.05) is 0 Å². The third-order valence-electron chi connectivity index (χ3n) is 3.17. The number of carboxylic acids is 1. The van der Waals surface area contributed by atoms with Crippen molar-refractivity contribution in [1.29, 1.82) is 0 Å². The van der Waals surface area contributed by atoms with E-state index in [2.05, 4.69) is 9.97 Å². The Bertz CT molecular complexity index is 631. The predicted octanol–water partition coefficient (Wildman–Crippen LogP) is 0.442. The molecule has 1 amide bonds. The number of rotatable bonds is 3. The molecular formula is C12H15N3O4S2. The van der Waals surface area contributed by atoms with Crippen LogP contribution in [0.5, 0.6) is 0 Å². The van der Waals surface area contributed by atoms with E-state index in [9.17, 15) is 19.5 Å². The fourth-order valence-corrected chi connectivity index (χ4v) is 3.81. The van der Waals surface area contributed by atoms with Gasteiger partial charge in [0, 0.05) is 23.7 Å². The van der Waals surface area contributed by atoms with Crippen molar-refractivity contribution in [2.45, 2.75) is 18.0 Å². The maximum absolute atomic E-state index is 12.7. The van der Waals surface area contributed by atoms with Gasteiger partial charge in [-0.15, -0.1) is 11.8 Å². The lowest BCUT2D eigenvalue weighted by Crippen LogP contribution is -2.50. The summed E-state index contributed by atoms with van der Waals surface area (Å²) < 4.78 is 0. The molecule has 0 saturated carbocycles. The first-order valence-electron chi connectivity index (χ1n) is 6.22. The molecule has 1 unspecified atom stereocenters. The van der Waals surface area contributed by atoms with Crippen LogP contribution < -0.4 is 5.69 Å². The standard InChI is InChI=1S/C12H15N3O4S2/c1-6-8(9(20-2)14-12(19)13-6)10(16)15-3-4-21-5-7(15)11(17)18/h7H,3-5H2,1-2H3,(H,17,18)(H,13,14,19). The van der Waals surface area contributed by atoms with Crippen LogP contribution in [-0.4, -0.2) is 62.2 Å². The van der Waals surface area contributed by atoms with Crippen molar-refractivity contribution in [3.8, 4) is 0 Å². The molecule has 7 nitrogen and oxygen atoms in total. The zero-order valence-electron chi connectivity index (χ0n) is 11.6. The highest BCUT2D eigenvalue weighted by molar-refractivity contribution is 7.99. The molecule has 0 aliphatic carbocycles. The first-order chi connectivity index (χ1) is 9.95. The number of carbonyl (C=O) groups excluding carboxylic acids is 1. The lowest BCUT2D eigenvalue weighted by Gasteiger charge is -2.33. The second kappa shape index (κ2) is 6.52. The molecule has 1 atom stereocenters. The Morgan fingerprint density at radius 1 is 1.52 bits per heavy atom. The highest BCUT2D eigenvalue weighted by atomic mass is 32.2. The Hall–Kier alpha value is -1.48. The third kappa shape index (κ3) is 3.24. The molecule has 1 saturated heterocycles. The Kier molecular flexibility index (Phi) is 4.94. The topological polar surface area (TPSA) is 103 Å². The van der Waals surface area contributed by atoms with Crippen LogP contribution in [0, 0.1) is 6.92 Å². The second-order valence-electron chi connectivity index (χ2n) is 4.48. The zero-order valence-corrected chi connectivity index (χ0v) is 13.2. The van der Waals surface area contributed by atoms with Gasteiger partial charge in [-0.2, -0.15) is 16.7 Å². The van der Waals surface area contributed by atoms with Crippen molar-refractivity contribution in [1.82, 2.24) is 14.9 Å². The molecule has 1 aromatic heterocycles. The predicted molar refractivity (Wildman–Crippen MR) is 81.2 cm³/mol. The van der Waals surface area contributed by atoms with Gasteiger partial charge in [0.15, 0.2) is 0 Å². The Balaban J connectivity index is 2.43. The number of hydrogen-bond donors (Lipinski definition) is 2. The average molecular weight is 329 g/mol. The quantitative estimate of drug-likeness (QED) is 0.612. The largest absolute Gasteiger partial charge is 0.480 e. The van der Waals surface area contributed by atoms with Crippen LogP contribution in [0.2, 0.25) is 0 Å². The first kappa shape index (κ1) is 15.9. The molecule has 1 aliphatic heterocycles. The van der Waals surface area contributed by atoms with E-state index in [-0.39, 0.29) is 5.56 Å². The lowest BCUT2D eigenvalue weighted by molar-refractivity contribution is -0.141. The summed E-state index contributed by atoms with van der Waals surface area (Å²) in [5, 5.41) is 9.58. The number of aliphatic carboxylic acids is 1. The van der Waals surface area contributed by atoms with Gasteiger partial charge >= 0.3 is 11.7 Å². The number of aryl methyl sites for hydroxylation is 1. The van der Waals surface area contributed by atoms with Crippen molar-refractivity contribution in [3.63, 3.8) is 0 Å². The average Bonchev–Trinajstić information content (AvgIpc) is 2.45. The second-order valence-corrected chi connectivity index (χ2v) is 6.42. The van der Waals surface area contributed by atoms with E-state index in [0.717, 1.165) is 0 Å². The molecule has 2 heterocycles. The van der Waals surface area contributed by atoms with E-state index in [1.165, 1.54) is 28.4 Å². The van der Waals surface area contributed by atoms with E-state index in [1.807, 2.05) is 0 Å². The molecule has 0 aromatic carbocycles. The summed E-state index contributed by atoms with van der Waals surface area (Å²) >= 11 is 2.71. The highest BCUT2D eigenvalue weighted by Crippen LogP contribution is 2.24. The smallest absolute Gasteiger partial charge is 0.346 e. The van der Waals surface area contributed by atoms with Crippen LogP contribution in [0.3, 0.4) is 0 Å². The molecule has 9 heteroatoms. The monoisotopic (exact) mass is 329 g/mol. The summed E-state index contributed by atoms with van der Waals surface area (Å²) in [6.45, 7) is 1.98. The lowest BCUT2D eigenvalue weighted by atomic mass is 10.1. The number of nitrogens with zero attached hydrogens (tertiary/aromatic N) is 2. The third-order valence-corrected chi connectivity index (χ3v) is 4.87. The minimum atomic E-state index is -1.02. The van der Waals surface area contributed by atoms with E-state index in [4.69, 9.17) is 0 Å². The van der Waals surface area contributed by atoms with Crippen molar-refractivity contribution < 1.29 is 14.7 Å². The normalized spacial score (nSPS) is 18.6. The van der Waals surface area contributed by atoms with Crippen LogP contribution >= 0.6 is 23.5 Å². The number of hydrogen-bond acceptors (Lipinski definition) is 6. The molecule has 0 spiro atoms. The summed E-state index contributed by atoms with van der Waals surface area (Å²) in [7, 11) is 0. The van der Waals surface area contributed by atoms with Gasteiger partial charge in [-0.05, 0) is 13.2 Å². The summed E-state index contributed by atoms with van der Waals surface area (Å²) in [5.41, 5.74) is 0.171. The van der Waals surface area contributed by atoms with Gasteiger partial charge < -0.3 is 15.0 Å². The minimum absolute atomic E-state index is 0.278. The molecule has 114 valence electrons. The number of nitrogens with one attached hydrogen (secondary N) is 1. The molecular weight excluding hydrogens is 314 g/mol. The molecule has 2 rings (SSSR count). The van der Waals surface area contributed by atoms with Gasteiger partial charge in [0.05, 0.1) is 5.56 Å². The molecule has 1 aromatic rings. The fourth-order valence-electron chi connectivity index (χ4n) is 2.15. The van der Waals surface area contributed by atoms with E-state index < -0.39 is 23.6 Å². The number of carbonyl (C=O) groups is 2. The van der Waals surface area contributed by atoms with Gasteiger partial charge in [-0.25, -0.2) is 9.59 Å². The summed E-state index contributed by atoms with van der Waals surface area (Å²) in [6, 6.07) is -0.850. The summed E-state index contributed by atoms with van der Waals surface area (Å²) in [4.78, 5) is 43.0. The fraction of sp³-hybridized carbons (Fsp3) is 0.500. The Morgan fingerprint density at radius 2 is 2.24 bits per heavy atom. The maximum Gasteiger partial charge on any atom is 0.346 e. The minimum Gasteiger partial charge on any atom is -0.480 e. The molecule has 0 bridgehead atoms. The summed E-state index contributed by atoms with van der Waals surface area (Å²) in [5.74, 6) is -0.351. The van der Waals surface area contributed by atoms with Crippen molar-refractivity contribution >= 4 is 35.4 Å². The van der Waals surface area contributed by atoms with Crippen LogP contribution in [0.25, 0.3) is 0 Å². The maximum atomic E-state index is 12.7. The van der Waals surface area contributed by atoms with E-state index in [0.29, 0.717) is 28.8 Å². The molecule has 0 radical (unpaired) electrons. The van der Waals surface area contributed by atoms with Crippen molar-refractivity contribution in [3.05, 3.63) is 21.7 Å². The van der Waals surface area contributed by atoms with Gasteiger partial charge in [0.2, 0.25) is 0 Å². The first-order valence-corrected chi connectivity index (χ1v) is 8.60. The Morgan fingerprint density at radius 3 is 2.86 bits per heavy atom. The number of carboxylic acid groups (broad SMARTS) is 1. The van der Waals surface area contributed by atoms with E-state index >= 15 is 0 Å². The van der Waals surface area contributed by atoms with Gasteiger partial charge in [0.1, 0.15) is 11.1 Å². The SMILES string of the molecule is CSc1nc(=O)[nH]c(C)c1C(=O)N1CCSCC1C(=O)O. The summed E-state index contributed by atoms with van der Waals surface area (Å²) in [6.07, 6.45) is 1.72. The van der Waals surface area contributed by atoms with Gasteiger partial charge in [0.25, 0.3) is 5.91 Å². The number of aromatic nitrogens is 2. The number of H-pyrrole nitrogens is 1. The molecule has 1 fully saturated rings. The van der Waals surface area contributed by atoms with Crippen molar-refractivity contribution in [2.75, 3.05) is 24.3 Å². The number of thioether (sulfide) groups is 2. The molecule has 1 aliphatic rings. The molecule has 2 N–H and O–H groups in total. The number of amides is 1. The van der Waals surface area contributed by atoms with Crippen LogP contribution in [0.1, 0.15) is 16.1 Å². The Labute approximate surface area is 129 Å². The van der Waals surface area contributed by atoms with E-state index in [1.54, 1.807) is 13.2 Å². The number of aromatic amines is 1. The molecule has 21 heavy (non-hydrogen) atoms. The van der Waals surface area contributed by atoms with Crippen LogP contribution in [0.4, 0.5) is 0 Å². The van der Waals surface area contributed by atoms with Crippen molar-refractivity contribution in [2.24, 2.45) is 0 Å². The van der Waals surface area contributed by atoms with Crippen LogP contribution in [0.15, 0.2) is 9.82 Å². The zero-order chi connectivity index (χ0) is 15.6. The highest BCUT2D eigenvalue weighted by Gasteiger charge is 2.34. The van der Waals surface area contributed by atoms with Gasteiger partial charge in [-0.3, -0.25) is 4.79 Å².